The van der Waals surface area contributed by atoms with Gasteiger partial charge in [0.25, 0.3) is 0 Å². The minimum absolute atomic E-state index is 0.145. The number of carbonyl (C=O) groups excluding carboxylic acids is 1. The number of nitrogens with zero attached hydrogens (tertiary/aromatic N) is 2. The van der Waals surface area contributed by atoms with Gasteiger partial charge in [0.1, 0.15) is 6.04 Å². The molecule has 1 fully saturated rings. The molecular formula is C12H12N2O2. The highest BCUT2D eigenvalue weighted by Crippen LogP contribution is 2.28. The first kappa shape index (κ1) is 10.5. The van der Waals surface area contributed by atoms with Gasteiger partial charge in [-0.15, -0.1) is 0 Å². The first-order valence-corrected chi connectivity index (χ1v) is 5.19. The molecule has 1 unspecified atom stereocenters. The zero-order chi connectivity index (χ0) is 11.5. The average Bonchev–Trinajstić information content (AvgIpc) is 3.09. The SMILES string of the molecule is CCOC(=O)C1CN1c1ccc(C#N)cc1. The molecule has 0 aromatic heterocycles. The van der Waals surface area contributed by atoms with Crippen LogP contribution >= 0.6 is 0 Å². The molecule has 0 spiro atoms. The highest BCUT2D eigenvalue weighted by Gasteiger charge is 2.41. The van der Waals surface area contributed by atoms with E-state index in [4.69, 9.17) is 10.00 Å². The van der Waals surface area contributed by atoms with Crippen LogP contribution in [0.5, 0.6) is 0 Å². The zero-order valence-electron chi connectivity index (χ0n) is 9.01. The number of hydrogen-bond donors (Lipinski definition) is 0. The van der Waals surface area contributed by atoms with Crippen molar-refractivity contribution in [1.82, 2.24) is 0 Å². The molecule has 82 valence electrons. The molecule has 1 aliphatic rings. The van der Waals surface area contributed by atoms with E-state index in [1.54, 1.807) is 19.1 Å². The van der Waals surface area contributed by atoms with E-state index >= 15 is 0 Å². The summed E-state index contributed by atoms with van der Waals surface area (Å²) < 4.78 is 4.93. The van der Waals surface area contributed by atoms with Crippen LogP contribution in [0.25, 0.3) is 0 Å². The van der Waals surface area contributed by atoms with Crippen LogP contribution in [0.15, 0.2) is 24.3 Å². The minimum atomic E-state index is -0.174. The monoisotopic (exact) mass is 216 g/mol. The Labute approximate surface area is 94.0 Å². The van der Waals surface area contributed by atoms with Gasteiger partial charge in [-0.1, -0.05) is 0 Å². The lowest BCUT2D eigenvalue weighted by molar-refractivity contribution is -0.142. The van der Waals surface area contributed by atoms with E-state index < -0.39 is 0 Å². The third-order valence-corrected chi connectivity index (χ3v) is 2.50. The molecule has 0 N–H and O–H groups in total. The van der Waals surface area contributed by atoms with Crippen LogP contribution in [0, 0.1) is 11.3 Å². The van der Waals surface area contributed by atoms with E-state index in [0.29, 0.717) is 18.7 Å². The zero-order valence-corrected chi connectivity index (χ0v) is 9.01. The lowest BCUT2D eigenvalue weighted by Gasteiger charge is -2.05. The lowest BCUT2D eigenvalue weighted by atomic mass is 10.2. The molecule has 4 heteroatoms. The van der Waals surface area contributed by atoms with Crippen LogP contribution in [0.4, 0.5) is 5.69 Å². The maximum atomic E-state index is 11.4. The first-order valence-electron chi connectivity index (χ1n) is 5.19. The summed E-state index contributed by atoms with van der Waals surface area (Å²) in [5, 5.41) is 8.66. The summed E-state index contributed by atoms with van der Waals surface area (Å²) in [6.07, 6.45) is 0. The summed E-state index contributed by atoms with van der Waals surface area (Å²) in [6, 6.07) is 9.09. The van der Waals surface area contributed by atoms with Gasteiger partial charge in [-0.05, 0) is 31.2 Å². The van der Waals surface area contributed by atoms with Crippen molar-refractivity contribution in [3.63, 3.8) is 0 Å². The average molecular weight is 216 g/mol. The molecule has 1 saturated heterocycles. The summed E-state index contributed by atoms with van der Waals surface area (Å²) in [5.41, 5.74) is 1.58. The van der Waals surface area contributed by atoms with Crippen molar-refractivity contribution in [3.8, 4) is 6.07 Å². The predicted octanol–water partition coefficient (Wildman–Crippen LogP) is 1.31. The standard InChI is InChI=1S/C12H12N2O2/c1-2-16-12(15)11-8-14(11)10-5-3-9(7-13)4-6-10/h3-6,11H,2,8H2,1H3. The normalized spacial score (nSPS) is 17.8. The van der Waals surface area contributed by atoms with Crippen LogP contribution in [0.2, 0.25) is 0 Å². The van der Waals surface area contributed by atoms with Crippen LogP contribution in [-0.4, -0.2) is 25.2 Å². The van der Waals surface area contributed by atoms with Crippen LogP contribution in [0.1, 0.15) is 12.5 Å². The second-order valence-electron chi connectivity index (χ2n) is 3.58. The van der Waals surface area contributed by atoms with Gasteiger partial charge < -0.3 is 9.64 Å². The van der Waals surface area contributed by atoms with Gasteiger partial charge in [-0.25, -0.2) is 4.79 Å². The van der Waals surface area contributed by atoms with Crippen molar-refractivity contribution in [2.24, 2.45) is 0 Å². The molecule has 1 atom stereocenters. The molecule has 2 rings (SSSR count). The molecule has 1 heterocycles. The Hall–Kier alpha value is -2.02. The van der Waals surface area contributed by atoms with Gasteiger partial charge in [0, 0.05) is 5.69 Å². The number of anilines is 1. The Balaban J connectivity index is 2.01. The Morgan fingerprint density at radius 1 is 1.56 bits per heavy atom. The lowest BCUT2D eigenvalue weighted by Crippen LogP contribution is -2.15. The number of nitriles is 1. The fraction of sp³-hybridized carbons (Fsp3) is 0.333. The van der Waals surface area contributed by atoms with E-state index in [-0.39, 0.29) is 12.0 Å². The second kappa shape index (κ2) is 4.23. The highest BCUT2D eigenvalue weighted by atomic mass is 16.5. The summed E-state index contributed by atoms with van der Waals surface area (Å²) in [6.45, 7) is 2.91. The molecule has 0 saturated carbocycles. The number of rotatable bonds is 3. The molecule has 0 aliphatic carbocycles. The maximum Gasteiger partial charge on any atom is 0.330 e. The number of hydrogen-bond acceptors (Lipinski definition) is 4. The van der Waals surface area contributed by atoms with E-state index in [2.05, 4.69) is 6.07 Å². The summed E-state index contributed by atoms with van der Waals surface area (Å²) >= 11 is 0. The Kier molecular flexibility index (Phi) is 2.78. The Morgan fingerprint density at radius 3 is 2.81 bits per heavy atom. The van der Waals surface area contributed by atoms with Gasteiger partial charge >= 0.3 is 5.97 Å². The van der Waals surface area contributed by atoms with Gasteiger partial charge in [-0.2, -0.15) is 5.26 Å². The number of carbonyl (C=O) groups is 1. The molecule has 16 heavy (non-hydrogen) atoms. The third kappa shape index (κ3) is 1.98. The molecule has 0 bridgehead atoms. The summed E-state index contributed by atoms with van der Waals surface area (Å²) in [5.74, 6) is -0.174. The maximum absolute atomic E-state index is 11.4. The van der Waals surface area contributed by atoms with E-state index in [1.807, 2.05) is 17.0 Å². The number of ether oxygens (including phenoxy) is 1. The molecule has 1 aliphatic heterocycles. The quantitative estimate of drug-likeness (QED) is 0.564. The van der Waals surface area contributed by atoms with Crippen molar-refractivity contribution in [3.05, 3.63) is 29.8 Å². The van der Waals surface area contributed by atoms with Crippen molar-refractivity contribution >= 4 is 11.7 Å². The smallest absolute Gasteiger partial charge is 0.330 e. The van der Waals surface area contributed by atoms with E-state index in [0.717, 1.165) is 5.69 Å². The Bertz CT molecular complexity index is 433. The predicted molar refractivity (Wildman–Crippen MR) is 58.9 cm³/mol. The highest BCUT2D eigenvalue weighted by molar-refractivity contribution is 5.86. The van der Waals surface area contributed by atoms with E-state index in [1.165, 1.54) is 0 Å². The topological polar surface area (TPSA) is 53.1 Å². The fourth-order valence-electron chi connectivity index (χ4n) is 1.59. The number of esters is 1. The van der Waals surface area contributed by atoms with Crippen molar-refractivity contribution in [2.75, 3.05) is 18.1 Å². The van der Waals surface area contributed by atoms with Crippen LogP contribution in [0.3, 0.4) is 0 Å². The summed E-state index contributed by atoms with van der Waals surface area (Å²) in [7, 11) is 0. The van der Waals surface area contributed by atoms with Gasteiger partial charge in [0.15, 0.2) is 0 Å². The van der Waals surface area contributed by atoms with Gasteiger partial charge in [0.2, 0.25) is 0 Å². The van der Waals surface area contributed by atoms with Gasteiger partial charge in [0.05, 0.1) is 24.8 Å². The molecule has 0 amide bonds. The number of benzene rings is 1. The molecule has 0 radical (unpaired) electrons. The molecule has 1 aromatic carbocycles. The van der Waals surface area contributed by atoms with Crippen LogP contribution in [-0.2, 0) is 9.53 Å². The largest absolute Gasteiger partial charge is 0.464 e. The van der Waals surface area contributed by atoms with Crippen molar-refractivity contribution in [1.29, 1.82) is 5.26 Å². The van der Waals surface area contributed by atoms with E-state index in [9.17, 15) is 4.79 Å². The second-order valence-corrected chi connectivity index (χ2v) is 3.58. The van der Waals surface area contributed by atoms with Crippen molar-refractivity contribution < 1.29 is 9.53 Å². The fourth-order valence-corrected chi connectivity index (χ4v) is 1.59. The van der Waals surface area contributed by atoms with Crippen molar-refractivity contribution in [2.45, 2.75) is 13.0 Å². The van der Waals surface area contributed by atoms with Crippen LogP contribution < -0.4 is 4.90 Å². The third-order valence-electron chi connectivity index (χ3n) is 2.50. The molecule has 1 aromatic rings. The Morgan fingerprint density at radius 2 is 2.25 bits per heavy atom. The first-order chi connectivity index (χ1) is 7.76. The minimum Gasteiger partial charge on any atom is -0.464 e. The van der Waals surface area contributed by atoms with Gasteiger partial charge in [-0.3, -0.25) is 0 Å². The summed E-state index contributed by atoms with van der Waals surface area (Å²) in [4.78, 5) is 13.3. The molecular weight excluding hydrogens is 204 g/mol. The molecule has 4 nitrogen and oxygen atoms in total.